The van der Waals surface area contributed by atoms with Crippen molar-refractivity contribution in [1.82, 2.24) is 0 Å². The van der Waals surface area contributed by atoms with Gasteiger partial charge in [-0.3, -0.25) is 0 Å². The molecular formula is C20H42NiP2. The molecule has 0 radical (unpaired) electrons. The van der Waals surface area contributed by atoms with Crippen LogP contribution in [0.3, 0.4) is 0 Å². The largest absolute Gasteiger partial charge is 0.108 e. The first-order valence-electron chi connectivity index (χ1n) is 9.44. The van der Waals surface area contributed by atoms with E-state index in [4.69, 9.17) is 0 Å². The summed E-state index contributed by atoms with van der Waals surface area (Å²) in [5, 5.41) is 0. The van der Waals surface area contributed by atoms with Crippen molar-refractivity contribution < 1.29 is 16.5 Å². The van der Waals surface area contributed by atoms with E-state index in [1.807, 2.05) is 0 Å². The standard InChI is InChI=1S/C8H12.2C6H15P.Ni/c1-2-4-6-8-7-5-3-1;2*1-4-7(5-2)6-3;/h1-2,7-8H,3-6H2;2*4-6H2,1-3H3;/b2-1-,8-7?;;;. The van der Waals surface area contributed by atoms with Crippen LogP contribution in [0.1, 0.15) is 67.2 Å². The Hall–Kier alpha value is 0.834. The van der Waals surface area contributed by atoms with E-state index in [0.717, 1.165) is 0 Å². The summed E-state index contributed by atoms with van der Waals surface area (Å²) in [6.07, 6.45) is 22.5. The summed E-state index contributed by atoms with van der Waals surface area (Å²) in [4.78, 5) is 0. The molecule has 0 bridgehead atoms. The summed E-state index contributed by atoms with van der Waals surface area (Å²) in [5.74, 6) is 0. The Labute approximate surface area is 160 Å². The van der Waals surface area contributed by atoms with Crippen molar-refractivity contribution in [2.75, 3.05) is 37.0 Å². The van der Waals surface area contributed by atoms with E-state index < -0.39 is 0 Å². The Morgan fingerprint density at radius 3 is 0.739 bits per heavy atom. The third kappa shape index (κ3) is 22.8. The zero-order valence-corrected chi connectivity index (χ0v) is 19.4. The summed E-state index contributed by atoms with van der Waals surface area (Å²) >= 11 is 0. The fourth-order valence-corrected chi connectivity index (χ4v) is 4.88. The molecule has 142 valence electrons. The summed E-state index contributed by atoms with van der Waals surface area (Å²) in [6, 6.07) is 0. The predicted octanol–water partition coefficient (Wildman–Crippen LogP) is 7.73. The smallest absolute Gasteiger partial charge is 0 e. The third-order valence-electron chi connectivity index (χ3n) is 4.02. The van der Waals surface area contributed by atoms with Crippen molar-refractivity contribution >= 4 is 15.8 Å². The Kier molecular flexibility index (Phi) is 31.2. The van der Waals surface area contributed by atoms with E-state index in [0.29, 0.717) is 15.8 Å². The molecule has 0 aliphatic heterocycles. The first-order valence-corrected chi connectivity index (χ1v) is 13.2. The molecule has 1 aliphatic rings. The molecule has 1 rings (SSSR count). The van der Waals surface area contributed by atoms with Gasteiger partial charge in [0.1, 0.15) is 0 Å². The van der Waals surface area contributed by atoms with Crippen molar-refractivity contribution in [3.05, 3.63) is 24.3 Å². The second-order valence-corrected chi connectivity index (χ2v) is 11.8. The van der Waals surface area contributed by atoms with Crippen LogP contribution in [-0.2, 0) is 16.5 Å². The topological polar surface area (TPSA) is 0 Å². The number of rotatable bonds is 6. The molecule has 0 N–H and O–H groups in total. The van der Waals surface area contributed by atoms with Gasteiger partial charge in [-0.15, -0.1) is 15.8 Å². The van der Waals surface area contributed by atoms with Gasteiger partial charge in [0.2, 0.25) is 0 Å². The van der Waals surface area contributed by atoms with E-state index in [2.05, 4.69) is 65.8 Å². The molecular weight excluding hydrogens is 361 g/mol. The van der Waals surface area contributed by atoms with Gasteiger partial charge in [0.15, 0.2) is 0 Å². The molecule has 0 spiro atoms. The molecule has 3 heteroatoms. The minimum absolute atomic E-state index is 0. The zero-order chi connectivity index (χ0) is 17.1. The van der Waals surface area contributed by atoms with Gasteiger partial charge in [-0.2, -0.15) is 0 Å². The molecule has 0 saturated heterocycles. The van der Waals surface area contributed by atoms with Crippen LogP contribution in [0.5, 0.6) is 0 Å². The van der Waals surface area contributed by atoms with Crippen molar-refractivity contribution in [2.45, 2.75) is 67.2 Å². The molecule has 1 aliphatic carbocycles. The van der Waals surface area contributed by atoms with Gasteiger partial charge in [0, 0.05) is 16.5 Å². The van der Waals surface area contributed by atoms with Crippen molar-refractivity contribution in [3.8, 4) is 0 Å². The van der Waals surface area contributed by atoms with Crippen molar-refractivity contribution in [1.29, 1.82) is 0 Å². The van der Waals surface area contributed by atoms with Crippen LogP contribution < -0.4 is 0 Å². The monoisotopic (exact) mass is 402 g/mol. The Morgan fingerprint density at radius 1 is 0.478 bits per heavy atom. The van der Waals surface area contributed by atoms with Gasteiger partial charge in [-0.1, -0.05) is 65.8 Å². The number of hydrogen-bond donors (Lipinski definition) is 0. The molecule has 0 saturated carbocycles. The molecule has 0 heterocycles. The van der Waals surface area contributed by atoms with Gasteiger partial charge in [-0.25, -0.2) is 0 Å². The van der Waals surface area contributed by atoms with E-state index in [-0.39, 0.29) is 16.5 Å². The van der Waals surface area contributed by atoms with Crippen LogP contribution in [0.15, 0.2) is 24.3 Å². The molecule has 23 heavy (non-hydrogen) atoms. The average molecular weight is 403 g/mol. The molecule has 0 aromatic heterocycles. The summed E-state index contributed by atoms with van der Waals surface area (Å²) in [7, 11) is 0.892. The number of hydrogen-bond acceptors (Lipinski definition) is 0. The van der Waals surface area contributed by atoms with Gasteiger partial charge >= 0.3 is 0 Å². The molecule has 0 nitrogen and oxygen atoms in total. The molecule has 0 unspecified atom stereocenters. The Bertz CT molecular complexity index is 195. The average Bonchev–Trinajstić information content (AvgIpc) is 2.51. The van der Waals surface area contributed by atoms with Crippen LogP contribution in [0.2, 0.25) is 0 Å². The predicted molar refractivity (Wildman–Crippen MR) is 114 cm³/mol. The normalized spacial score (nSPS) is 14.6. The van der Waals surface area contributed by atoms with Crippen LogP contribution >= 0.6 is 15.8 Å². The van der Waals surface area contributed by atoms with Crippen molar-refractivity contribution in [3.63, 3.8) is 0 Å². The zero-order valence-electron chi connectivity index (χ0n) is 16.6. The second-order valence-electron chi connectivity index (χ2n) is 5.34. The first-order chi connectivity index (χ1) is 10.7. The van der Waals surface area contributed by atoms with Gasteiger partial charge in [0.25, 0.3) is 0 Å². The third-order valence-corrected chi connectivity index (χ3v) is 9.38. The SMILES string of the molecule is C1=CCC/C=C\CC1.CCP(CC)CC.CCP(CC)CC.[Ni]. The minimum Gasteiger partial charge on any atom is -0.108 e. The van der Waals surface area contributed by atoms with Gasteiger partial charge < -0.3 is 0 Å². The summed E-state index contributed by atoms with van der Waals surface area (Å²) < 4.78 is 0. The molecule has 0 fully saturated rings. The van der Waals surface area contributed by atoms with E-state index in [9.17, 15) is 0 Å². The van der Waals surface area contributed by atoms with E-state index in [1.165, 1.54) is 62.7 Å². The maximum Gasteiger partial charge on any atom is 0 e. The van der Waals surface area contributed by atoms with E-state index in [1.54, 1.807) is 0 Å². The summed E-state index contributed by atoms with van der Waals surface area (Å²) in [6.45, 7) is 13.7. The fraction of sp³-hybridized carbons (Fsp3) is 0.800. The van der Waals surface area contributed by atoms with Gasteiger partial charge in [0.05, 0.1) is 0 Å². The van der Waals surface area contributed by atoms with E-state index >= 15 is 0 Å². The summed E-state index contributed by atoms with van der Waals surface area (Å²) in [5.41, 5.74) is 0. The van der Waals surface area contributed by atoms with Gasteiger partial charge in [-0.05, 0) is 62.7 Å². The molecule has 0 aromatic carbocycles. The van der Waals surface area contributed by atoms with Crippen molar-refractivity contribution in [2.24, 2.45) is 0 Å². The van der Waals surface area contributed by atoms with Crippen LogP contribution in [0.4, 0.5) is 0 Å². The quantitative estimate of drug-likeness (QED) is 0.242. The minimum atomic E-state index is 0. The second kappa shape index (κ2) is 25.1. The van der Waals surface area contributed by atoms with Crippen LogP contribution in [-0.4, -0.2) is 37.0 Å². The Morgan fingerprint density at radius 2 is 0.652 bits per heavy atom. The maximum absolute atomic E-state index is 2.29. The Balaban J connectivity index is -0.000000257. The van der Waals surface area contributed by atoms with Crippen LogP contribution in [0.25, 0.3) is 0 Å². The maximum atomic E-state index is 2.29. The number of allylic oxidation sites excluding steroid dienone is 4. The molecule has 0 aromatic rings. The fourth-order valence-electron chi connectivity index (χ4n) is 2.20. The molecule has 0 atom stereocenters. The molecule has 0 amide bonds. The first kappa shape index (κ1) is 28.6. The van der Waals surface area contributed by atoms with Crippen LogP contribution in [0, 0.1) is 0 Å².